The first kappa shape index (κ1) is 14.0. The maximum atomic E-state index is 11.9. The molecule has 1 N–H and O–H groups in total. The third-order valence-corrected chi connectivity index (χ3v) is 4.42. The van der Waals surface area contributed by atoms with Gasteiger partial charge < -0.3 is 9.84 Å². The van der Waals surface area contributed by atoms with Gasteiger partial charge in [0.25, 0.3) is 0 Å². The Balaban J connectivity index is 1.92. The van der Waals surface area contributed by atoms with E-state index in [0.29, 0.717) is 13.1 Å². The Bertz CT molecular complexity index is 616. The van der Waals surface area contributed by atoms with E-state index in [2.05, 4.69) is 16.7 Å². The zero-order chi connectivity index (χ0) is 14.9. The first-order valence-electron chi connectivity index (χ1n) is 7.30. The zero-order valence-corrected chi connectivity index (χ0v) is 12.1. The molecule has 3 rings (SSSR count). The lowest BCUT2D eigenvalue weighted by Crippen LogP contribution is -2.45. The van der Waals surface area contributed by atoms with Crippen LogP contribution in [-0.4, -0.2) is 42.2 Å². The number of hydrogen-bond donors (Lipinski definition) is 1. The van der Waals surface area contributed by atoms with E-state index >= 15 is 0 Å². The van der Waals surface area contributed by atoms with Crippen LogP contribution in [0.2, 0.25) is 0 Å². The first-order chi connectivity index (χ1) is 10.2. The molecule has 4 heteroatoms. The summed E-state index contributed by atoms with van der Waals surface area (Å²) in [5, 5.41) is 9.77. The van der Waals surface area contributed by atoms with Crippen LogP contribution in [0.3, 0.4) is 0 Å². The monoisotopic (exact) mass is 285 g/mol. The van der Waals surface area contributed by atoms with Crippen molar-refractivity contribution in [3.8, 4) is 17.6 Å². The smallest absolute Gasteiger partial charge is 0.315 e. The highest BCUT2D eigenvalue weighted by atomic mass is 16.5. The molecule has 2 heterocycles. The van der Waals surface area contributed by atoms with Crippen LogP contribution in [0, 0.1) is 17.3 Å². The first-order valence-corrected chi connectivity index (χ1v) is 7.30. The number of para-hydroxylation sites is 1. The lowest BCUT2D eigenvalue weighted by Gasteiger charge is -2.35. The fourth-order valence-corrected chi connectivity index (χ4v) is 3.35. The van der Waals surface area contributed by atoms with Crippen molar-refractivity contribution in [2.45, 2.75) is 19.3 Å². The summed E-state index contributed by atoms with van der Waals surface area (Å²) < 4.78 is 5.73. The molecule has 1 saturated heterocycles. The lowest BCUT2D eigenvalue weighted by atomic mass is 9.73. The third-order valence-electron chi connectivity index (χ3n) is 4.42. The SMILES string of the molecule is CCC#CCN1C[C@H]2c3ccccc3OC[C@@]2(C(=O)O)C1. The van der Waals surface area contributed by atoms with Gasteiger partial charge in [-0.1, -0.05) is 31.0 Å². The second-order valence-corrected chi connectivity index (χ2v) is 5.72. The second-order valence-electron chi connectivity index (χ2n) is 5.72. The van der Waals surface area contributed by atoms with Gasteiger partial charge in [0.05, 0.1) is 6.54 Å². The molecular formula is C17H19NO3. The van der Waals surface area contributed by atoms with Crippen LogP contribution in [0.25, 0.3) is 0 Å². The van der Waals surface area contributed by atoms with Crippen LogP contribution in [0.1, 0.15) is 24.8 Å². The molecule has 1 aromatic rings. The Morgan fingerprint density at radius 2 is 2.29 bits per heavy atom. The van der Waals surface area contributed by atoms with Gasteiger partial charge in [-0.2, -0.15) is 0 Å². The molecule has 0 aromatic heterocycles. The molecule has 1 fully saturated rings. The number of aliphatic carboxylic acids is 1. The number of likely N-dealkylation sites (tertiary alicyclic amines) is 1. The average Bonchev–Trinajstić information content (AvgIpc) is 2.88. The van der Waals surface area contributed by atoms with Crippen molar-refractivity contribution in [1.82, 2.24) is 4.90 Å². The largest absolute Gasteiger partial charge is 0.492 e. The fourth-order valence-electron chi connectivity index (χ4n) is 3.35. The minimum Gasteiger partial charge on any atom is -0.492 e. The predicted octanol–water partition coefficient (Wildman–Crippen LogP) is 1.96. The number of carboxylic acid groups (broad SMARTS) is 1. The molecule has 1 aromatic carbocycles. The summed E-state index contributed by atoms with van der Waals surface area (Å²) in [7, 11) is 0. The van der Waals surface area contributed by atoms with Gasteiger partial charge in [-0.3, -0.25) is 9.69 Å². The molecule has 4 nitrogen and oxygen atoms in total. The molecule has 2 aliphatic rings. The maximum absolute atomic E-state index is 11.9. The predicted molar refractivity (Wildman–Crippen MR) is 79.3 cm³/mol. The molecule has 0 amide bonds. The van der Waals surface area contributed by atoms with Crippen molar-refractivity contribution >= 4 is 5.97 Å². The number of rotatable bonds is 2. The summed E-state index contributed by atoms with van der Waals surface area (Å²) in [6.07, 6.45) is 0.827. The van der Waals surface area contributed by atoms with E-state index in [1.54, 1.807) is 0 Å². The summed E-state index contributed by atoms with van der Waals surface area (Å²) in [5.41, 5.74) is 0.166. The Hall–Kier alpha value is -1.99. The minimum absolute atomic E-state index is 0.0247. The van der Waals surface area contributed by atoms with E-state index < -0.39 is 11.4 Å². The number of carbonyl (C=O) groups is 1. The van der Waals surface area contributed by atoms with Gasteiger partial charge in [0, 0.05) is 25.4 Å². The Labute approximate surface area is 124 Å². The zero-order valence-electron chi connectivity index (χ0n) is 12.1. The van der Waals surface area contributed by atoms with E-state index in [1.165, 1.54) is 0 Å². The number of ether oxygens (including phenoxy) is 1. The van der Waals surface area contributed by atoms with Crippen molar-refractivity contribution < 1.29 is 14.6 Å². The van der Waals surface area contributed by atoms with E-state index in [0.717, 1.165) is 24.3 Å². The fraction of sp³-hybridized carbons (Fsp3) is 0.471. The highest BCUT2D eigenvalue weighted by Crippen LogP contribution is 2.49. The number of benzene rings is 1. The van der Waals surface area contributed by atoms with Crippen molar-refractivity contribution in [1.29, 1.82) is 0 Å². The molecule has 0 unspecified atom stereocenters. The molecule has 0 bridgehead atoms. The number of carboxylic acids is 1. The van der Waals surface area contributed by atoms with Gasteiger partial charge in [-0.25, -0.2) is 0 Å². The molecule has 2 atom stereocenters. The summed E-state index contributed by atoms with van der Waals surface area (Å²) in [6, 6.07) is 7.77. The number of nitrogens with zero attached hydrogens (tertiary/aromatic N) is 1. The number of hydrogen-bond acceptors (Lipinski definition) is 3. The molecule has 21 heavy (non-hydrogen) atoms. The average molecular weight is 285 g/mol. The topological polar surface area (TPSA) is 49.8 Å². The van der Waals surface area contributed by atoms with Crippen LogP contribution < -0.4 is 4.74 Å². The van der Waals surface area contributed by atoms with Crippen LogP contribution in [0.4, 0.5) is 0 Å². The lowest BCUT2D eigenvalue weighted by molar-refractivity contribution is -0.151. The molecule has 0 spiro atoms. The highest BCUT2D eigenvalue weighted by Gasteiger charge is 2.56. The van der Waals surface area contributed by atoms with E-state index in [9.17, 15) is 9.90 Å². The van der Waals surface area contributed by atoms with Gasteiger partial charge in [-0.05, 0) is 11.6 Å². The third kappa shape index (κ3) is 2.28. The molecule has 0 radical (unpaired) electrons. The van der Waals surface area contributed by atoms with Crippen LogP contribution in [0.15, 0.2) is 24.3 Å². The molecule has 0 saturated carbocycles. The summed E-state index contributed by atoms with van der Waals surface area (Å²) in [4.78, 5) is 14.0. The van der Waals surface area contributed by atoms with Crippen molar-refractivity contribution in [2.75, 3.05) is 26.2 Å². The molecular weight excluding hydrogens is 266 g/mol. The van der Waals surface area contributed by atoms with E-state index in [4.69, 9.17) is 4.74 Å². The van der Waals surface area contributed by atoms with Crippen molar-refractivity contribution in [3.63, 3.8) is 0 Å². The van der Waals surface area contributed by atoms with E-state index in [1.807, 2.05) is 31.2 Å². The summed E-state index contributed by atoms with van der Waals surface area (Å²) in [6.45, 7) is 4.10. The van der Waals surface area contributed by atoms with Crippen LogP contribution >= 0.6 is 0 Å². The van der Waals surface area contributed by atoms with Crippen molar-refractivity contribution in [3.05, 3.63) is 29.8 Å². The van der Waals surface area contributed by atoms with Crippen LogP contribution in [0.5, 0.6) is 5.75 Å². The summed E-state index contributed by atoms with van der Waals surface area (Å²) in [5.74, 6) is 6.18. The molecule has 0 aliphatic carbocycles. The highest BCUT2D eigenvalue weighted by molar-refractivity contribution is 5.78. The quantitative estimate of drug-likeness (QED) is 0.844. The van der Waals surface area contributed by atoms with Gasteiger partial charge in [0.1, 0.15) is 17.8 Å². The van der Waals surface area contributed by atoms with Crippen LogP contribution in [-0.2, 0) is 4.79 Å². The Kier molecular flexibility index (Phi) is 3.60. The van der Waals surface area contributed by atoms with Gasteiger partial charge in [-0.15, -0.1) is 5.92 Å². The van der Waals surface area contributed by atoms with E-state index in [-0.39, 0.29) is 12.5 Å². The standard InChI is InChI=1S/C17H19NO3/c1-2-3-6-9-18-10-14-13-7-4-5-8-15(13)21-12-17(14,11-18)16(19)20/h4-5,7-8,14H,2,9-12H2,1H3,(H,19,20)/t14-,17-/m0/s1. The van der Waals surface area contributed by atoms with Crippen molar-refractivity contribution in [2.24, 2.45) is 5.41 Å². The Morgan fingerprint density at radius 1 is 1.48 bits per heavy atom. The Morgan fingerprint density at radius 3 is 3.05 bits per heavy atom. The second kappa shape index (κ2) is 5.42. The summed E-state index contributed by atoms with van der Waals surface area (Å²) >= 11 is 0. The van der Waals surface area contributed by atoms with Gasteiger partial charge >= 0.3 is 5.97 Å². The van der Waals surface area contributed by atoms with Gasteiger partial charge in [0.15, 0.2) is 0 Å². The molecule has 110 valence electrons. The molecule has 2 aliphatic heterocycles. The normalized spacial score (nSPS) is 27.0. The minimum atomic E-state index is -0.845. The van der Waals surface area contributed by atoms with Gasteiger partial charge in [0.2, 0.25) is 0 Å². The number of fused-ring (bicyclic) bond motifs is 3. The maximum Gasteiger partial charge on any atom is 0.315 e.